The lowest BCUT2D eigenvalue weighted by Gasteiger charge is -2.27. The molecule has 0 aliphatic carbocycles. The van der Waals surface area contributed by atoms with Crippen LogP contribution >= 0.6 is 15.3 Å². The van der Waals surface area contributed by atoms with Crippen molar-refractivity contribution in [1.82, 2.24) is 39.0 Å². The van der Waals surface area contributed by atoms with Crippen LogP contribution in [-0.4, -0.2) is 112 Å². The average molecular weight is 670 g/mol. The number of nitrogens with zero attached hydrogens (tertiary/aromatic N) is 7. The smallest absolute Gasteiger partial charge is 0.387 e. The monoisotopic (exact) mass is 670 g/mol. The van der Waals surface area contributed by atoms with Crippen molar-refractivity contribution in [3.63, 3.8) is 0 Å². The number of ether oxygens (including phenoxy) is 2. The molecule has 3 saturated heterocycles. The number of H-pyrrole nitrogens is 1. The molecule has 8 N–H and O–H groups in total. The molecule has 0 saturated carbocycles. The van der Waals surface area contributed by atoms with Crippen LogP contribution in [0.3, 0.4) is 0 Å². The van der Waals surface area contributed by atoms with Gasteiger partial charge in [-0.15, -0.1) is 0 Å². The second kappa shape index (κ2) is 10.9. The summed E-state index contributed by atoms with van der Waals surface area (Å²) in [6, 6.07) is 0. The van der Waals surface area contributed by atoms with Crippen LogP contribution < -0.4 is 17.0 Å². The predicted octanol–water partition coefficient (Wildman–Crippen LogP) is -2.70. The van der Waals surface area contributed by atoms with Crippen LogP contribution in [0, 0.1) is 0 Å². The number of imidazole rings is 2. The molecule has 4 unspecified atom stereocenters. The van der Waals surface area contributed by atoms with Gasteiger partial charge in [-0.25, -0.2) is 24.5 Å². The van der Waals surface area contributed by atoms with Crippen molar-refractivity contribution in [2.24, 2.45) is 0 Å². The van der Waals surface area contributed by atoms with Crippen molar-refractivity contribution in [3.8, 4) is 0 Å². The van der Waals surface area contributed by atoms with Crippen molar-refractivity contribution in [1.29, 1.82) is 0 Å². The van der Waals surface area contributed by atoms with E-state index in [4.69, 9.17) is 39.0 Å². The number of aliphatic hydroxyl groups excluding tert-OH is 2. The van der Waals surface area contributed by atoms with Crippen LogP contribution in [-0.2, 0) is 36.7 Å². The highest BCUT2D eigenvalue weighted by Crippen LogP contribution is 2.53. The number of anilines is 2. The Morgan fingerprint density at radius 2 is 1.58 bits per heavy atom. The normalized spacial score (nSPS) is 37.7. The maximum absolute atomic E-state index is 13.6. The van der Waals surface area contributed by atoms with Gasteiger partial charge in [-0.05, 0) is 0 Å². The molecule has 0 radical (unpaired) electrons. The molecule has 7 rings (SSSR count). The van der Waals surface area contributed by atoms with Gasteiger partial charge in [0.05, 0.1) is 25.9 Å². The Kier molecular flexibility index (Phi) is 7.34. The Balaban J connectivity index is 1.21. The molecule has 7 heterocycles. The van der Waals surface area contributed by atoms with Crippen molar-refractivity contribution in [2.45, 2.75) is 49.1 Å². The number of hydrogen-bond acceptors (Lipinski definition) is 18. The van der Waals surface area contributed by atoms with Crippen molar-refractivity contribution < 1.29 is 51.8 Å². The van der Waals surface area contributed by atoms with Crippen molar-refractivity contribution in [3.05, 3.63) is 29.3 Å². The van der Waals surface area contributed by atoms with E-state index in [9.17, 15) is 29.0 Å². The molecule has 25 heteroatoms. The van der Waals surface area contributed by atoms with Gasteiger partial charge < -0.3 is 45.1 Å². The number of phosphoric acid groups is 1. The molecule has 3 aliphatic rings. The molecule has 10 atom stereocenters. The number of nitrogens with one attached hydrogen (secondary N) is 1. The Bertz CT molecular complexity index is 1940. The lowest BCUT2D eigenvalue weighted by Crippen LogP contribution is -2.36. The standard InChI is InChI=1S/C20H25BN10O12P2/c21-44(35)38-2-7-12(11(33)18(41-7)30-4-26-8-14(22)24-3-25-15(8)30)43-45(36,37)39-1-6-10(32)13(42-44)19(40-6)31-5-27-9-16(31)28-20(23)29-17(9)34/h3-7,10-13,18-19,32-33H,1-2,21H2,(H,36,37)(H2,22,24,25)(H3,23,28,29,34)/t6-,7-,10?,11+,12?,13+,18-,19-,44?/m1/s1. The summed E-state index contributed by atoms with van der Waals surface area (Å²) >= 11 is 0. The molecule has 3 aliphatic heterocycles. The Labute approximate surface area is 251 Å². The van der Waals surface area contributed by atoms with Crippen LogP contribution in [0.2, 0.25) is 0 Å². The van der Waals surface area contributed by atoms with Crippen LogP contribution in [0.1, 0.15) is 12.5 Å². The zero-order valence-electron chi connectivity index (χ0n) is 23.0. The van der Waals surface area contributed by atoms with E-state index in [0.29, 0.717) is 0 Å². The predicted molar refractivity (Wildman–Crippen MR) is 150 cm³/mol. The third-order valence-corrected chi connectivity index (χ3v) is 9.68. The van der Waals surface area contributed by atoms with E-state index in [0.717, 1.165) is 7.57 Å². The Morgan fingerprint density at radius 3 is 2.36 bits per heavy atom. The van der Waals surface area contributed by atoms with Gasteiger partial charge in [0, 0.05) is 0 Å². The third-order valence-electron chi connectivity index (χ3n) is 7.45. The van der Waals surface area contributed by atoms with E-state index in [1.807, 2.05) is 0 Å². The summed E-state index contributed by atoms with van der Waals surface area (Å²) < 4.78 is 63.0. The Hall–Kier alpha value is -3.34. The molecule has 0 spiro atoms. The summed E-state index contributed by atoms with van der Waals surface area (Å²) in [6.07, 6.45) is -7.93. The van der Waals surface area contributed by atoms with E-state index < -0.39 is 83.1 Å². The van der Waals surface area contributed by atoms with E-state index in [-0.39, 0.29) is 34.1 Å². The highest BCUT2D eigenvalue weighted by atomic mass is 31.2. The summed E-state index contributed by atoms with van der Waals surface area (Å²) in [5.41, 5.74) is 11.1. The number of aliphatic hydroxyl groups is 2. The second-order valence-corrected chi connectivity index (χ2v) is 13.9. The molecule has 4 aromatic rings. The van der Waals surface area contributed by atoms with Gasteiger partial charge in [0.25, 0.3) is 20.6 Å². The summed E-state index contributed by atoms with van der Waals surface area (Å²) in [6.45, 7) is -1.32. The SMILES string of the molecule is BP1(=O)OC[C@H]2O[C@@H](n3cnc4c(N)ncnc43)[C@@H](O)C2OP(=O)(O)OC[C@H]2O[C@@H](n3cnc4c(=O)[nH]c(N)nc43)[C@@H](O1)C2O. The van der Waals surface area contributed by atoms with E-state index >= 15 is 0 Å². The summed E-state index contributed by atoms with van der Waals surface area (Å²) in [5, 5.41) is 22.3. The number of aromatic amines is 1. The summed E-state index contributed by atoms with van der Waals surface area (Å²) in [4.78, 5) is 45.5. The quantitative estimate of drug-likeness (QED) is 0.0933. The summed E-state index contributed by atoms with van der Waals surface area (Å²) in [7, 11) is -8.00. The average Bonchev–Trinajstić information content (AvgIpc) is 3.72. The van der Waals surface area contributed by atoms with E-state index in [2.05, 4.69) is 29.9 Å². The van der Waals surface area contributed by atoms with Gasteiger partial charge >= 0.3 is 7.82 Å². The zero-order chi connectivity index (χ0) is 31.8. The van der Waals surface area contributed by atoms with Gasteiger partial charge in [-0.3, -0.25) is 32.5 Å². The molecule has 3 fully saturated rings. The topological polar surface area (TPSA) is 309 Å². The zero-order valence-corrected chi connectivity index (χ0v) is 24.7. The van der Waals surface area contributed by atoms with E-state index in [1.165, 1.54) is 28.1 Å². The van der Waals surface area contributed by atoms with Crippen LogP contribution in [0.25, 0.3) is 22.3 Å². The fraction of sp³-hybridized carbons (Fsp3) is 0.500. The van der Waals surface area contributed by atoms with Gasteiger partial charge in [0.1, 0.15) is 48.5 Å². The molecule has 0 aromatic carbocycles. The minimum absolute atomic E-state index is 0.0472. The number of phosphoric ester groups is 1. The van der Waals surface area contributed by atoms with E-state index in [1.54, 1.807) is 0 Å². The molecule has 240 valence electrons. The molecular weight excluding hydrogens is 645 g/mol. The largest absolute Gasteiger partial charge is 0.472 e. The highest BCUT2D eigenvalue weighted by Gasteiger charge is 2.53. The fourth-order valence-corrected chi connectivity index (χ4v) is 7.52. The maximum atomic E-state index is 13.6. The first kappa shape index (κ1) is 30.3. The maximum Gasteiger partial charge on any atom is 0.472 e. The molecule has 2 bridgehead atoms. The van der Waals surface area contributed by atoms with Crippen LogP contribution in [0.15, 0.2) is 23.8 Å². The van der Waals surface area contributed by atoms with Gasteiger partial charge in [0.15, 0.2) is 35.1 Å². The van der Waals surface area contributed by atoms with Crippen molar-refractivity contribution >= 4 is 57.0 Å². The summed E-state index contributed by atoms with van der Waals surface area (Å²) in [5.74, 6) is -0.167. The molecule has 0 amide bonds. The molecule has 22 nitrogen and oxygen atoms in total. The fourth-order valence-electron chi connectivity index (χ4n) is 5.40. The number of hydrogen-bond donors (Lipinski definition) is 6. The second-order valence-electron chi connectivity index (χ2n) is 10.4. The highest BCUT2D eigenvalue weighted by molar-refractivity contribution is 7.79. The third kappa shape index (κ3) is 5.34. The lowest BCUT2D eigenvalue weighted by atomic mass is 10.1. The number of rotatable bonds is 2. The van der Waals surface area contributed by atoms with Gasteiger partial charge in [-0.2, -0.15) is 4.98 Å². The minimum atomic E-state index is -5.00. The Morgan fingerprint density at radius 1 is 0.889 bits per heavy atom. The number of aromatic nitrogens is 8. The number of nitrogens with two attached hydrogens (primary N) is 2. The molecular formula is C20H25BN10O12P2. The van der Waals surface area contributed by atoms with Crippen LogP contribution in [0.5, 0.6) is 0 Å². The number of fused-ring (bicyclic) bond motifs is 5. The van der Waals surface area contributed by atoms with Gasteiger partial charge in [-0.1, -0.05) is 0 Å². The molecule has 4 aromatic heterocycles. The first-order valence-corrected chi connectivity index (χ1v) is 16.7. The van der Waals surface area contributed by atoms with Gasteiger partial charge in [0.2, 0.25) is 5.95 Å². The number of nitrogen functional groups attached to an aromatic ring is 2. The van der Waals surface area contributed by atoms with Crippen molar-refractivity contribution in [2.75, 3.05) is 24.7 Å². The minimum Gasteiger partial charge on any atom is -0.387 e. The van der Waals surface area contributed by atoms with Crippen LogP contribution in [0.4, 0.5) is 11.8 Å². The lowest BCUT2D eigenvalue weighted by molar-refractivity contribution is -0.0621. The first-order valence-electron chi connectivity index (χ1n) is 13.2. The first-order chi connectivity index (χ1) is 21.3. The molecule has 45 heavy (non-hydrogen) atoms.